The molecule has 0 rings (SSSR count). The molecule has 3 nitrogen and oxygen atoms in total. The Hall–Kier alpha value is -0.730. The van der Waals surface area contributed by atoms with Crippen LogP contribution in [0.1, 0.15) is 34.6 Å². The highest BCUT2D eigenvalue weighted by atomic mass is 16.4. The number of hydrogen-bond donors (Lipinski definition) is 1. The lowest BCUT2D eigenvalue weighted by Crippen LogP contribution is -2.48. The van der Waals surface area contributed by atoms with Crippen molar-refractivity contribution in [1.82, 2.24) is 4.90 Å². The standard InChI is InChI=1S/C8H17NO2/c1-6(2)9(7(10)11)8(3,4)5/h6H,1-5H3,(H,10,11). The second-order valence-electron chi connectivity index (χ2n) is 3.92. The first kappa shape index (κ1) is 10.3. The summed E-state index contributed by atoms with van der Waals surface area (Å²) in [6.07, 6.45) is -0.854. The fourth-order valence-corrected chi connectivity index (χ4v) is 1.28. The molecular weight excluding hydrogens is 142 g/mol. The van der Waals surface area contributed by atoms with Crippen molar-refractivity contribution in [2.24, 2.45) is 0 Å². The fraction of sp³-hybridized carbons (Fsp3) is 0.875. The van der Waals surface area contributed by atoms with Crippen LogP contribution in [0, 0.1) is 0 Å². The van der Waals surface area contributed by atoms with Crippen molar-refractivity contribution in [3.63, 3.8) is 0 Å². The number of amides is 1. The van der Waals surface area contributed by atoms with Gasteiger partial charge in [-0.3, -0.25) is 0 Å². The van der Waals surface area contributed by atoms with E-state index in [0.717, 1.165) is 0 Å². The first-order chi connectivity index (χ1) is 4.76. The molecule has 0 fully saturated rings. The van der Waals surface area contributed by atoms with E-state index in [9.17, 15) is 4.79 Å². The minimum Gasteiger partial charge on any atom is -0.465 e. The highest BCUT2D eigenvalue weighted by Gasteiger charge is 2.27. The Balaban J connectivity index is 4.49. The summed E-state index contributed by atoms with van der Waals surface area (Å²) >= 11 is 0. The van der Waals surface area contributed by atoms with Crippen molar-refractivity contribution in [2.45, 2.75) is 46.2 Å². The average molecular weight is 159 g/mol. The molecule has 11 heavy (non-hydrogen) atoms. The van der Waals surface area contributed by atoms with Gasteiger partial charge in [0.25, 0.3) is 0 Å². The number of carboxylic acid groups (broad SMARTS) is 1. The van der Waals surface area contributed by atoms with Gasteiger partial charge >= 0.3 is 6.09 Å². The largest absolute Gasteiger partial charge is 0.465 e. The SMILES string of the molecule is CC(C)N(C(=O)O)C(C)(C)C. The molecule has 0 aliphatic heterocycles. The number of carbonyl (C=O) groups is 1. The van der Waals surface area contributed by atoms with Crippen molar-refractivity contribution < 1.29 is 9.90 Å². The molecule has 0 aromatic rings. The number of nitrogens with zero attached hydrogens (tertiary/aromatic N) is 1. The van der Waals surface area contributed by atoms with Crippen molar-refractivity contribution in [3.8, 4) is 0 Å². The molecule has 0 aromatic heterocycles. The zero-order valence-corrected chi connectivity index (χ0v) is 7.88. The zero-order valence-electron chi connectivity index (χ0n) is 7.88. The van der Waals surface area contributed by atoms with Gasteiger partial charge in [0.2, 0.25) is 0 Å². The van der Waals surface area contributed by atoms with E-state index in [2.05, 4.69) is 0 Å². The molecule has 3 heteroatoms. The van der Waals surface area contributed by atoms with Gasteiger partial charge in [0.05, 0.1) is 0 Å². The van der Waals surface area contributed by atoms with Crippen LogP contribution in [0.5, 0.6) is 0 Å². The molecule has 0 saturated carbocycles. The monoisotopic (exact) mass is 159 g/mol. The molecule has 0 heterocycles. The van der Waals surface area contributed by atoms with Crippen LogP contribution in [0.25, 0.3) is 0 Å². The minimum absolute atomic E-state index is 0.0347. The zero-order chi connectivity index (χ0) is 9.23. The summed E-state index contributed by atoms with van der Waals surface area (Å²) in [7, 11) is 0. The van der Waals surface area contributed by atoms with Gasteiger partial charge in [0, 0.05) is 11.6 Å². The van der Waals surface area contributed by atoms with Gasteiger partial charge in [-0.25, -0.2) is 4.79 Å². The van der Waals surface area contributed by atoms with E-state index in [-0.39, 0.29) is 11.6 Å². The van der Waals surface area contributed by atoms with Gasteiger partial charge in [0.15, 0.2) is 0 Å². The van der Waals surface area contributed by atoms with E-state index in [1.807, 2.05) is 34.6 Å². The summed E-state index contributed by atoms with van der Waals surface area (Å²) in [4.78, 5) is 12.2. The summed E-state index contributed by atoms with van der Waals surface area (Å²) in [6.45, 7) is 9.42. The summed E-state index contributed by atoms with van der Waals surface area (Å²) < 4.78 is 0. The molecule has 0 radical (unpaired) electrons. The maximum atomic E-state index is 10.7. The van der Waals surface area contributed by atoms with E-state index in [0.29, 0.717) is 0 Å². The summed E-state index contributed by atoms with van der Waals surface area (Å²) in [6, 6.07) is 0.0347. The molecule has 66 valence electrons. The van der Waals surface area contributed by atoms with Gasteiger partial charge in [-0.05, 0) is 34.6 Å². The second-order valence-corrected chi connectivity index (χ2v) is 3.92. The van der Waals surface area contributed by atoms with Crippen LogP contribution in [0.4, 0.5) is 4.79 Å². The highest BCUT2D eigenvalue weighted by molar-refractivity contribution is 5.66. The van der Waals surface area contributed by atoms with Crippen LogP contribution >= 0.6 is 0 Å². The Morgan fingerprint density at radius 1 is 1.36 bits per heavy atom. The second kappa shape index (κ2) is 3.11. The summed E-state index contributed by atoms with van der Waals surface area (Å²) in [5.74, 6) is 0. The molecule has 0 atom stereocenters. The van der Waals surface area contributed by atoms with Crippen LogP contribution in [0.3, 0.4) is 0 Å². The van der Waals surface area contributed by atoms with Gasteiger partial charge < -0.3 is 10.0 Å². The molecule has 0 aliphatic rings. The Kier molecular flexibility index (Phi) is 2.91. The van der Waals surface area contributed by atoms with Crippen LogP contribution in [0.15, 0.2) is 0 Å². The molecule has 1 amide bonds. The van der Waals surface area contributed by atoms with Crippen molar-refractivity contribution in [3.05, 3.63) is 0 Å². The molecule has 0 spiro atoms. The van der Waals surface area contributed by atoms with E-state index in [4.69, 9.17) is 5.11 Å². The molecule has 1 N–H and O–H groups in total. The quantitative estimate of drug-likeness (QED) is 0.637. The molecule has 0 aromatic carbocycles. The lowest BCUT2D eigenvalue weighted by Gasteiger charge is -2.36. The predicted molar refractivity (Wildman–Crippen MR) is 44.8 cm³/mol. The maximum absolute atomic E-state index is 10.7. The molecule has 0 unspecified atom stereocenters. The summed E-state index contributed by atoms with van der Waals surface area (Å²) in [5, 5.41) is 8.81. The first-order valence-electron chi connectivity index (χ1n) is 3.79. The highest BCUT2D eigenvalue weighted by Crippen LogP contribution is 2.16. The van der Waals surface area contributed by atoms with Crippen LogP contribution in [-0.2, 0) is 0 Å². The van der Waals surface area contributed by atoms with E-state index < -0.39 is 6.09 Å². The van der Waals surface area contributed by atoms with Crippen molar-refractivity contribution >= 4 is 6.09 Å². The van der Waals surface area contributed by atoms with Crippen LogP contribution in [-0.4, -0.2) is 27.7 Å². The van der Waals surface area contributed by atoms with E-state index in [1.165, 1.54) is 4.90 Å². The normalized spacial score (nSPS) is 11.8. The lowest BCUT2D eigenvalue weighted by molar-refractivity contribution is 0.0807. The van der Waals surface area contributed by atoms with Crippen LogP contribution in [0.2, 0.25) is 0 Å². The molecule has 0 saturated heterocycles. The van der Waals surface area contributed by atoms with Crippen LogP contribution < -0.4 is 0 Å². The average Bonchev–Trinajstić information content (AvgIpc) is 1.54. The van der Waals surface area contributed by atoms with Gasteiger partial charge in [0.1, 0.15) is 0 Å². The fourth-order valence-electron chi connectivity index (χ4n) is 1.28. The van der Waals surface area contributed by atoms with Crippen molar-refractivity contribution in [2.75, 3.05) is 0 Å². The number of hydrogen-bond acceptors (Lipinski definition) is 1. The topological polar surface area (TPSA) is 40.5 Å². The Morgan fingerprint density at radius 3 is 1.73 bits per heavy atom. The minimum atomic E-state index is -0.854. The third kappa shape index (κ3) is 2.78. The van der Waals surface area contributed by atoms with E-state index in [1.54, 1.807) is 0 Å². The Bertz CT molecular complexity index is 147. The lowest BCUT2D eigenvalue weighted by atomic mass is 10.1. The predicted octanol–water partition coefficient (Wildman–Crippen LogP) is 2.17. The van der Waals surface area contributed by atoms with Gasteiger partial charge in [-0.2, -0.15) is 0 Å². The van der Waals surface area contributed by atoms with E-state index >= 15 is 0 Å². The molecule has 0 aliphatic carbocycles. The Morgan fingerprint density at radius 2 is 1.73 bits per heavy atom. The first-order valence-corrected chi connectivity index (χ1v) is 3.79. The number of rotatable bonds is 1. The maximum Gasteiger partial charge on any atom is 0.407 e. The molecular formula is C8H17NO2. The van der Waals surface area contributed by atoms with Crippen molar-refractivity contribution in [1.29, 1.82) is 0 Å². The third-order valence-electron chi connectivity index (χ3n) is 1.45. The van der Waals surface area contributed by atoms with Gasteiger partial charge in [-0.1, -0.05) is 0 Å². The smallest absolute Gasteiger partial charge is 0.407 e. The third-order valence-corrected chi connectivity index (χ3v) is 1.45. The Labute approximate surface area is 68.0 Å². The van der Waals surface area contributed by atoms with Gasteiger partial charge in [-0.15, -0.1) is 0 Å². The molecule has 0 bridgehead atoms. The summed E-state index contributed by atoms with van der Waals surface area (Å²) in [5.41, 5.74) is -0.306.